The van der Waals surface area contributed by atoms with E-state index in [1.54, 1.807) is 23.3 Å². The number of imidazole rings is 1. The van der Waals surface area contributed by atoms with Gasteiger partial charge < -0.3 is 18.7 Å². The molecule has 1 amide bonds. The van der Waals surface area contributed by atoms with Gasteiger partial charge in [0.15, 0.2) is 5.82 Å². The Morgan fingerprint density at radius 1 is 1.23 bits per heavy atom. The van der Waals surface area contributed by atoms with Gasteiger partial charge in [0.1, 0.15) is 17.2 Å². The van der Waals surface area contributed by atoms with Crippen LogP contribution in [0.3, 0.4) is 0 Å². The van der Waals surface area contributed by atoms with E-state index in [1.165, 1.54) is 5.56 Å². The van der Waals surface area contributed by atoms with E-state index >= 15 is 0 Å². The number of carbonyl (C=O) groups is 1. The normalized spacial score (nSPS) is 12.9. The maximum atomic E-state index is 13.6. The van der Waals surface area contributed by atoms with Gasteiger partial charge in [0.25, 0.3) is 5.91 Å². The Kier molecular flexibility index (Phi) is 5.59. The van der Waals surface area contributed by atoms with Crippen LogP contribution in [0.4, 0.5) is 0 Å². The molecule has 8 heteroatoms. The second-order valence-electron chi connectivity index (χ2n) is 9.96. The molecule has 0 aliphatic carbocycles. The Balaban J connectivity index is 1.77. The lowest BCUT2D eigenvalue weighted by Crippen LogP contribution is -2.43. The van der Waals surface area contributed by atoms with Gasteiger partial charge in [0.2, 0.25) is 0 Å². The van der Waals surface area contributed by atoms with Crippen LogP contribution in [0.1, 0.15) is 48.4 Å². The van der Waals surface area contributed by atoms with E-state index in [1.807, 2.05) is 53.1 Å². The monoisotopic (exact) mass is 490 g/mol. The van der Waals surface area contributed by atoms with Gasteiger partial charge in [-0.2, -0.15) is 0 Å². The number of fused-ring (bicyclic) bond motifs is 3. The van der Waals surface area contributed by atoms with Gasteiger partial charge in [-0.05, 0) is 70.2 Å². The van der Waals surface area contributed by atoms with Crippen LogP contribution in [0, 0.1) is 13.8 Å². The van der Waals surface area contributed by atoms with Crippen molar-refractivity contribution in [3.05, 3.63) is 52.5 Å². The number of rotatable bonds is 4. The van der Waals surface area contributed by atoms with Crippen LogP contribution in [-0.2, 0) is 13.0 Å². The Bertz CT molecular complexity index is 1400. The van der Waals surface area contributed by atoms with Crippen molar-refractivity contribution < 1.29 is 14.1 Å². The average Bonchev–Trinajstić information content (AvgIpc) is 3.55. The number of carbonyl (C=O) groups excluding carboxylic acids is 1. The van der Waals surface area contributed by atoms with Crippen molar-refractivity contribution in [1.82, 2.24) is 19.6 Å². The topological polar surface area (TPSA) is 73.4 Å². The summed E-state index contributed by atoms with van der Waals surface area (Å²) in [6.45, 7) is 10.6. The zero-order valence-electron chi connectivity index (χ0n) is 21.2. The predicted octanol–water partition coefficient (Wildman–Crippen LogP) is 5.99. The molecule has 0 N–H and O–H groups in total. The quantitative estimate of drug-likeness (QED) is 0.352. The average molecular weight is 491 g/mol. The van der Waals surface area contributed by atoms with Crippen LogP contribution in [0.15, 0.2) is 34.2 Å². The molecular weight excluding hydrogens is 460 g/mol. The van der Waals surface area contributed by atoms with Gasteiger partial charge in [-0.1, -0.05) is 11.2 Å². The molecule has 7 nitrogen and oxygen atoms in total. The number of methoxy groups -OCH3 is 1. The summed E-state index contributed by atoms with van der Waals surface area (Å²) < 4.78 is 13.4. The number of benzene rings is 1. The number of hydrogen-bond donors (Lipinski definition) is 0. The summed E-state index contributed by atoms with van der Waals surface area (Å²) in [5.74, 6) is 1.92. The molecule has 0 unspecified atom stereocenters. The van der Waals surface area contributed by atoms with Crippen molar-refractivity contribution in [2.75, 3.05) is 14.2 Å². The summed E-state index contributed by atoms with van der Waals surface area (Å²) in [6, 6.07) is 8.32. The molecule has 5 rings (SSSR count). The molecule has 0 saturated carbocycles. The highest BCUT2D eigenvalue weighted by molar-refractivity contribution is 7.13. The minimum absolute atomic E-state index is 0.0792. The molecule has 0 spiro atoms. The molecule has 1 aliphatic rings. The number of hydrogen-bond acceptors (Lipinski definition) is 6. The van der Waals surface area contributed by atoms with Gasteiger partial charge in [-0.15, -0.1) is 11.3 Å². The van der Waals surface area contributed by atoms with Crippen LogP contribution in [0.5, 0.6) is 5.75 Å². The first kappa shape index (κ1) is 23.4. The maximum absolute atomic E-state index is 13.6. The lowest BCUT2D eigenvalue weighted by atomic mass is 9.91. The van der Waals surface area contributed by atoms with E-state index in [9.17, 15) is 4.79 Å². The fourth-order valence-electron chi connectivity index (χ4n) is 4.66. The maximum Gasteiger partial charge on any atom is 0.290 e. The highest BCUT2D eigenvalue weighted by Gasteiger charge is 2.33. The largest absolute Gasteiger partial charge is 0.496 e. The smallest absolute Gasteiger partial charge is 0.290 e. The van der Waals surface area contributed by atoms with Crippen molar-refractivity contribution in [3.8, 4) is 38.7 Å². The van der Waals surface area contributed by atoms with Crippen LogP contribution < -0.4 is 4.74 Å². The van der Waals surface area contributed by atoms with Crippen LogP contribution >= 0.6 is 11.3 Å². The molecule has 0 radical (unpaired) electrons. The molecular formula is C27H30N4O3S. The number of amides is 1. The third-order valence-corrected chi connectivity index (χ3v) is 7.69. The highest BCUT2D eigenvalue weighted by Crippen LogP contribution is 2.45. The fraction of sp³-hybridized carbons (Fsp3) is 0.370. The first-order chi connectivity index (χ1) is 16.6. The number of aryl methyl sites for hydroxylation is 3. The van der Waals surface area contributed by atoms with E-state index in [2.05, 4.69) is 27.9 Å². The molecule has 182 valence electrons. The predicted molar refractivity (Wildman–Crippen MR) is 138 cm³/mol. The lowest BCUT2D eigenvalue weighted by Gasteiger charge is -2.32. The summed E-state index contributed by atoms with van der Waals surface area (Å²) in [5, 5.41) is 6.19. The van der Waals surface area contributed by atoms with E-state index < -0.39 is 0 Å². The van der Waals surface area contributed by atoms with E-state index in [4.69, 9.17) is 14.2 Å². The van der Waals surface area contributed by atoms with Gasteiger partial charge in [-0.3, -0.25) is 4.79 Å². The highest BCUT2D eigenvalue weighted by atomic mass is 32.1. The molecule has 1 aliphatic heterocycles. The van der Waals surface area contributed by atoms with Crippen molar-refractivity contribution in [3.63, 3.8) is 0 Å². The van der Waals surface area contributed by atoms with Gasteiger partial charge in [0, 0.05) is 30.3 Å². The van der Waals surface area contributed by atoms with Crippen molar-refractivity contribution in [1.29, 1.82) is 0 Å². The van der Waals surface area contributed by atoms with Gasteiger partial charge in [0.05, 0.1) is 28.9 Å². The van der Waals surface area contributed by atoms with Crippen molar-refractivity contribution in [2.24, 2.45) is 0 Å². The SMILES string of the molecule is COc1cc2c(cc1-c1c(C)noc1C)-c1c(-c3cccs3)nc(C(=O)N(C)C(C)(C)C)n1CC2. The molecule has 4 heterocycles. The summed E-state index contributed by atoms with van der Waals surface area (Å²) in [4.78, 5) is 21.4. The van der Waals surface area contributed by atoms with E-state index in [0.717, 1.165) is 56.6 Å². The number of ether oxygens (including phenoxy) is 1. The minimum Gasteiger partial charge on any atom is -0.496 e. The zero-order valence-corrected chi connectivity index (χ0v) is 22.0. The minimum atomic E-state index is -0.316. The fourth-order valence-corrected chi connectivity index (χ4v) is 5.37. The molecule has 4 aromatic rings. The summed E-state index contributed by atoms with van der Waals surface area (Å²) in [7, 11) is 3.53. The Hall–Kier alpha value is -3.39. The third-order valence-electron chi connectivity index (χ3n) is 6.81. The van der Waals surface area contributed by atoms with E-state index in [0.29, 0.717) is 12.4 Å². The van der Waals surface area contributed by atoms with Crippen LogP contribution in [0.2, 0.25) is 0 Å². The zero-order chi connectivity index (χ0) is 25.1. The molecule has 0 saturated heterocycles. The first-order valence-electron chi connectivity index (χ1n) is 11.7. The lowest BCUT2D eigenvalue weighted by molar-refractivity contribution is 0.0638. The Labute approximate surface area is 209 Å². The first-order valence-corrected chi connectivity index (χ1v) is 12.6. The third kappa shape index (κ3) is 3.76. The summed E-state index contributed by atoms with van der Waals surface area (Å²) >= 11 is 1.63. The molecule has 35 heavy (non-hydrogen) atoms. The molecule has 0 atom stereocenters. The van der Waals surface area contributed by atoms with Crippen LogP contribution in [0.25, 0.3) is 33.0 Å². The Morgan fingerprint density at radius 2 is 2.00 bits per heavy atom. The molecule has 3 aromatic heterocycles. The standard InChI is InChI=1S/C27H30N4O3S/c1-15-22(16(2)34-29-15)19-14-18-17(13-20(19)33-7)10-11-31-24(18)23(21-9-8-12-35-21)28-25(31)26(32)30(6)27(3,4)5/h8-9,12-14H,10-11H2,1-7H3. The van der Waals surface area contributed by atoms with Crippen molar-refractivity contribution in [2.45, 2.75) is 53.1 Å². The second-order valence-corrected chi connectivity index (χ2v) is 10.9. The summed E-state index contributed by atoms with van der Waals surface area (Å²) in [5.41, 5.74) is 6.38. The van der Waals surface area contributed by atoms with Gasteiger partial charge >= 0.3 is 0 Å². The van der Waals surface area contributed by atoms with Crippen molar-refractivity contribution >= 4 is 17.2 Å². The van der Waals surface area contributed by atoms with Gasteiger partial charge in [-0.25, -0.2) is 4.98 Å². The number of nitrogens with zero attached hydrogens (tertiary/aromatic N) is 4. The van der Waals surface area contributed by atoms with E-state index in [-0.39, 0.29) is 11.4 Å². The van der Waals surface area contributed by atoms with Crippen LogP contribution in [-0.4, -0.2) is 45.2 Å². The molecule has 0 fully saturated rings. The Morgan fingerprint density at radius 3 is 2.60 bits per heavy atom. The second kappa shape index (κ2) is 8.37. The molecule has 1 aromatic carbocycles. The summed E-state index contributed by atoms with van der Waals surface area (Å²) in [6.07, 6.45) is 0.778. The number of thiophene rings is 1. The molecule has 0 bridgehead atoms. The number of aromatic nitrogens is 3.